The highest BCUT2D eigenvalue weighted by Gasteiger charge is 2.32. The van der Waals surface area contributed by atoms with Gasteiger partial charge in [-0.05, 0) is 45.1 Å². The van der Waals surface area contributed by atoms with Gasteiger partial charge in [0.1, 0.15) is 5.60 Å². The number of amides is 2. The number of ether oxygens (including phenoxy) is 1. The maximum Gasteiger partial charge on any atom is 0.410 e. The van der Waals surface area contributed by atoms with E-state index < -0.39 is 5.60 Å². The molecule has 1 aliphatic rings. The molecule has 1 atom stereocenters. The van der Waals surface area contributed by atoms with Crippen LogP contribution in [-0.4, -0.2) is 41.6 Å². The Morgan fingerprint density at radius 1 is 1.48 bits per heavy atom. The molecule has 116 valence electrons. The van der Waals surface area contributed by atoms with Crippen molar-refractivity contribution in [2.24, 2.45) is 0 Å². The Labute approximate surface area is 129 Å². The molecule has 0 spiro atoms. The lowest BCUT2D eigenvalue weighted by Gasteiger charge is -2.28. The van der Waals surface area contributed by atoms with E-state index in [9.17, 15) is 9.59 Å². The maximum absolute atomic E-state index is 12.1. The summed E-state index contributed by atoms with van der Waals surface area (Å²) in [7, 11) is 0. The van der Waals surface area contributed by atoms with Crippen LogP contribution in [-0.2, 0) is 4.74 Å². The van der Waals surface area contributed by atoms with Crippen LogP contribution in [0, 0.1) is 0 Å². The number of nitrogens with one attached hydrogen (secondary N) is 1. The zero-order valence-electron chi connectivity index (χ0n) is 12.7. The molecule has 1 aromatic heterocycles. The minimum absolute atomic E-state index is 0.0174. The van der Waals surface area contributed by atoms with Crippen molar-refractivity contribution >= 4 is 23.3 Å². The number of rotatable bonds is 3. The summed E-state index contributed by atoms with van der Waals surface area (Å²) in [6.45, 7) is 6.72. The maximum atomic E-state index is 12.1. The van der Waals surface area contributed by atoms with Crippen LogP contribution in [0.3, 0.4) is 0 Å². The van der Waals surface area contributed by atoms with Crippen molar-refractivity contribution in [1.82, 2.24) is 10.2 Å². The Hall–Kier alpha value is -1.56. The molecule has 1 saturated heterocycles. The predicted molar refractivity (Wildman–Crippen MR) is 82.6 cm³/mol. The molecule has 0 aliphatic carbocycles. The molecule has 5 nitrogen and oxygen atoms in total. The number of thiophene rings is 1. The fraction of sp³-hybridized carbons (Fsp3) is 0.600. The van der Waals surface area contributed by atoms with Gasteiger partial charge in [-0.3, -0.25) is 4.79 Å². The van der Waals surface area contributed by atoms with Crippen LogP contribution in [0.4, 0.5) is 4.79 Å². The van der Waals surface area contributed by atoms with E-state index >= 15 is 0 Å². The predicted octanol–water partition coefficient (Wildman–Crippen LogP) is 2.88. The molecule has 21 heavy (non-hydrogen) atoms. The van der Waals surface area contributed by atoms with E-state index in [0.29, 0.717) is 18.0 Å². The van der Waals surface area contributed by atoms with E-state index in [0.717, 1.165) is 12.8 Å². The minimum atomic E-state index is -0.496. The van der Waals surface area contributed by atoms with E-state index in [4.69, 9.17) is 4.74 Å². The first-order valence-electron chi connectivity index (χ1n) is 7.18. The molecule has 0 bridgehead atoms. The summed E-state index contributed by atoms with van der Waals surface area (Å²) >= 11 is 1.41. The van der Waals surface area contributed by atoms with Crippen molar-refractivity contribution < 1.29 is 14.3 Å². The second kappa shape index (κ2) is 6.47. The molecule has 0 radical (unpaired) electrons. The third-order valence-corrected chi connectivity index (χ3v) is 4.12. The number of carbonyl (C=O) groups excluding carboxylic acids is 2. The van der Waals surface area contributed by atoms with Crippen LogP contribution in [0.15, 0.2) is 17.5 Å². The topological polar surface area (TPSA) is 58.6 Å². The first-order chi connectivity index (χ1) is 9.87. The van der Waals surface area contributed by atoms with E-state index in [1.54, 1.807) is 11.0 Å². The highest BCUT2D eigenvalue weighted by atomic mass is 32.1. The molecule has 0 saturated carbocycles. The van der Waals surface area contributed by atoms with Gasteiger partial charge < -0.3 is 15.0 Å². The van der Waals surface area contributed by atoms with E-state index in [1.165, 1.54) is 11.3 Å². The summed E-state index contributed by atoms with van der Waals surface area (Å²) in [6, 6.07) is 3.66. The van der Waals surface area contributed by atoms with Gasteiger partial charge in [0.2, 0.25) is 0 Å². The smallest absolute Gasteiger partial charge is 0.410 e. The second-order valence-electron chi connectivity index (χ2n) is 6.16. The summed E-state index contributed by atoms with van der Waals surface area (Å²) < 4.78 is 5.41. The molecule has 1 aromatic rings. The third-order valence-electron chi connectivity index (χ3n) is 3.25. The summed E-state index contributed by atoms with van der Waals surface area (Å²) in [5, 5.41) is 4.77. The fourth-order valence-electron chi connectivity index (χ4n) is 2.31. The van der Waals surface area contributed by atoms with Crippen LogP contribution in [0.1, 0.15) is 43.3 Å². The second-order valence-corrected chi connectivity index (χ2v) is 7.10. The lowest BCUT2D eigenvalue weighted by Crippen LogP contribution is -2.45. The molecule has 6 heteroatoms. The highest BCUT2D eigenvalue weighted by Crippen LogP contribution is 2.20. The van der Waals surface area contributed by atoms with E-state index in [2.05, 4.69) is 5.32 Å². The standard InChI is InChI=1S/C15H22N2O3S/c1-15(2,3)20-14(19)17-8-4-6-11(17)10-16-13(18)12-7-5-9-21-12/h5,7,9,11H,4,6,8,10H2,1-3H3,(H,16,18)/t11-/m1/s1. The summed E-state index contributed by atoms with van der Waals surface area (Å²) in [4.78, 5) is 26.5. The molecule has 1 N–H and O–H groups in total. The van der Waals surface area contributed by atoms with Crippen LogP contribution < -0.4 is 5.32 Å². The van der Waals surface area contributed by atoms with Gasteiger partial charge in [0.15, 0.2) is 0 Å². The summed E-state index contributed by atoms with van der Waals surface area (Å²) in [6.07, 6.45) is 1.54. The van der Waals surface area contributed by atoms with E-state index in [-0.39, 0.29) is 18.0 Å². The molecule has 0 unspecified atom stereocenters. The number of likely N-dealkylation sites (tertiary alicyclic amines) is 1. The number of carbonyl (C=O) groups is 2. The molecular formula is C15H22N2O3S. The molecule has 2 amide bonds. The molecule has 0 aromatic carbocycles. The van der Waals surface area contributed by atoms with Crippen molar-refractivity contribution in [3.63, 3.8) is 0 Å². The molecule has 2 heterocycles. The van der Waals surface area contributed by atoms with Crippen molar-refractivity contribution in [3.05, 3.63) is 22.4 Å². The zero-order chi connectivity index (χ0) is 15.5. The first-order valence-corrected chi connectivity index (χ1v) is 8.06. The van der Waals surface area contributed by atoms with Gasteiger partial charge >= 0.3 is 6.09 Å². The average molecular weight is 310 g/mol. The summed E-state index contributed by atoms with van der Waals surface area (Å²) in [5.41, 5.74) is -0.496. The van der Waals surface area contributed by atoms with Gasteiger partial charge in [-0.25, -0.2) is 4.79 Å². The Balaban J connectivity index is 1.87. The van der Waals surface area contributed by atoms with Gasteiger partial charge in [0.05, 0.1) is 10.9 Å². The summed E-state index contributed by atoms with van der Waals surface area (Å²) in [5.74, 6) is -0.0824. The fourth-order valence-corrected chi connectivity index (χ4v) is 2.95. The largest absolute Gasteiger partial charge is 0.444 e. The van der Waals surface area contributed by atoms with Crippen LogP contribution >= 0.6 is 11.3 Å². The van der Waals surface area contributed by atoms with Gasteiger partial charge in [-0.1, -0.05) is 6.07 Å². The van der Waals surface area contributed by atoms with Crippen molar-refractivity contribution in [2.45, 2.75) is 45.3 Å². The van der Waals surface area contributed by atoms with Crippen molar-refractivity contribution in [1.29, 1.82) is 0 Å². The van der Waals surface area contributed by atoms with Crippen LogP contribution in [0.5, 0.6) is 0 Å². The lowest BCUT2D eigenvalue weighted by molar-refractivity contribution is 0.0225. The molecule has 1 aliphatic heterocycles. The van der Waals surface area contributed by atoms with Crippen LogP contribution in [0.25, 0.3) is 0 Å². The number of hydrogen-bond donors (Lipinski definition) is 1. The normalized spacial score (nSPS) is 18.6. The highest BCUT2D eigenvalue weighted by molar-refractivity contribution is 7.12. The minimum Gasteiger partial charge on any atom is -0.444 e. The van der Waals surface area contributed by atoms with Crippen molar-refractivity contribution in [2.75, 3.05) is 13.1 Å². The van der Waals surface area contributed by atoms with Gasteiger partial charge in [-0.2, -0.15) is 0 Å². The van der Waals surface area contributed by atoms with E-state index in [1.807, 2.05) is 32.2 Å². The average Bonchev–Trinajstić information content (AvgIpc) is 3.04. The van der Waals surface area contributed by atoms with Gasteiger partial charge in [-0.15, -0.1) is 11.3 Å². The zero-order valence-corrected chi connectivity index (χ0v) is 13.5. The van der Waals surface area contributed by atoms with Crippen molar-refractivity contribution in [3.8, 4) is 0 Å². The molecule has 1 fully saturated rings. The number of nitrogens with zero attached hydrogens (tertiary/aromatic N) is 1. The Morgan fingerprint density at radius 2 is 2.24 bits per heavy atom. The van der Waals surface area contributed by atoms with Crippen LogP contribution in [0.2, 0.25) is 0 Å². The Bertz CT molecular complexity index is 494. The number of hydrogen-bond acceptors (Lipinski definition) is 4. The molecule has 2 rings (SSSR count). The third kappa shape index (κ3) is 4.46. The quantitative estimate of drug-likeness (QED) is 0.934. The Morgan fingerprint density at radius 3 is 2.86 bits per heavy atom. The van der Waals surface area contributed by atoms with Gasteiger partial charge in [0.25, 0.3) is 5.91 Å². The Kier molecular flexibility index (Phi) is 4.88. The molecular weight excluding hydrogens is 288 g/mol. The monoisotopic (exact) mass is 310 g/mol. The first kappa shape index (κ1) is 15.8. The SMILES string of the molecule is CC(C)(C)OC(=O)N1CCC[C@@H]1CNC(=O)c1cccs1. The lowest BCUT2D eigenvalue weighted by atomic mass is 10.2. The van der Waals surface area contributed by atoms with Gasteiger partial charge in [0, 0.05) is 13.1 Å².